The Hall–Kier alpha value is -0.860. The molecule has 1 heterocycles. The van der Waals surface area contributed by atoms with Crippen LogP contribution in [0.5, 0.6) is 0 Å². The fourth-order valence-electron chi connectivity index (χ4n) is 3.03. The number of rotatable bonds is 3. The summed E-state index contributed by atoms with van der Waals surface area (Å²) in [7, 11) is 2.25. The van der Waals surface area contributed by atoms with Crippen molar-refractivity contribution in [2.24, 2.45) is 0 Å². The van der Waals surface area contributed by atoms with Crippen LogP contribution in [0.1, 0.15) is 42.5 Å². The van der Waals surface area contributed by atoms with Crippen molar-refractivity contribution in [3.05, 3.63) is 34.4 Å². The normalized spacial score (nSPS) is 22.2. The summed E-state index contributed by atoms with van der Waals surface area (Å²) in [5, 5.41) is 3.61. The summed E-state index contributed by atoms with van der Waals surface area (Å²) < 4.78 is 0. The van der Waals surface area contributed by atoms with Gasteiger partial charge in [-0.25, -0.2) is 0 Å². The van der Waals surface area contributed by atoms with Gasteiger partial charge >= 0.3 is 0 Å². The van der Waals surface area contributed by atoms with Gasteiger partial charge in [0.05, 0.1) is 0 Å². The van der Waals surface area contributed by atoms with E-state index in [-0.39, 0.29) is 5.54 Å². The van der Waals surface area contributed by atoms with E-state index >= 15 is 0 Å². The number of aryl methyl sites for hydroxylation is 3. The molecule has 19 heavy (non-hydrogen) atoms. The lowest BCUT2D eigenvalue weighted by Gasteiger charge is -2.26. The van der Waals surface area contributed by atoms with E-state index in [1.807, 2.05) is 0 Å². The van der Waals surface area contributed by atoms with Gasteiger partial charge in [-0.05, 0) is 70.3 Å². The van der Waals surface area contributed by atoms with Crippen molar-refractivity contribution in [1.82, 2.24) is 10.2 Å². The third kappa shape index (κ3) is 3.37. The van der Waals surface area contributed by atoms with Crippen molar-refractivity contribution in [3.8, 4) is 0 Å². The Morgan fingerprint density at radius 3 is 2.37 bits per heavy atom. The molecule has 1 fully saturated rings. The van der Waals surface area contributed by atoms with Crippen molar-refractivity contribution in [1.29, 1.82) is 0 Å². The van der Waals surface area contributed by atoms with Crippen LogP contribution in [0.4, 0.5) is 0 Å². The number of likely N-dealkylation sites (N-methyl/N-ethyl adjacent to an activating group) is 1. The van der Waals surface area contributed by atoms with Crippen LogP contribution in [0, 0.1) is 20.8 Å². The minimum absolute atomic E-state index is 0.289. The molecule has 1 aromatic carbocycles. The summed E-state index contributed by atoms with van der Waals surface area (Å²) in [6.45, 7) is 13.4. The predicted octanol–water partition coefficient (Wildman–Crippen LogP) is 3.18. The molecule has 0 aromatic heterocycles. The average Bonchev–Trinajstić information content (AvgIpc) is 2.66. The first-order valence-electron chi connectivity index (χ1n) is 7.30. The van der Waals surface area contributed by atoms with Gasteiger partial charge in [-0.2, -0.15) is 0 Å². The second-order valence-corrected chi connectivity index (χ2v) is 6.90. The lowest BCUT2D eigenvalue weighted by molar-refractivity contribution is 0.240. The predicted molar refractivity (Wildman–Crippen MR) is 82.6 cm³/mol. The Morgan fingerprint density at radius 1 is 1.16 bits per heavy atom. The maximum Gasteiger partial charge on any atom is 0.0238 e. The molecule has 0 bridgehead atoms. The zero-order chi connectivity index (χ0) is 14.2. The molecule has 0 radical (unpaired) electrons. The standard InChI is InChI=1S/C17H28N2/c1-12-7-14(3)15(8-13(12)2)11-19(6)16-9-17(4,5)18-10-16/h7-8,16,18H,9-11H2,1-6H3. The molecule has 2 rings (SSSR count). The fraction of sp³-hybridized carbons (Fsp3) is 0.647. The van der Waals surface area contributed by atoms with Crippen LogP contribution in [-0.4, -0.2) is 30.1 Å². The molecule has 1 aromatic rings. The quantitative estimate of drug-likeness (QED) is 0.898. The number of nitrogens with zero attached hydrogens (tertiary/aromatic N) is 1. The van der Waals surface area contributed by atoms with Gasteiger partial charge < -0.3 is 5.32 Å². The van der Waals surface area contributed by atoms with Gasteiger partial charge in [0.1, 0.15) is 0 Å². The molecule has 0 spiro atoms. The monoisotopic (exact) mass is 260 g/mol. The first kappa shape index (κ1) is 14.5. The first-order valence-corrected chi connectivity index (χ1v) is 7.30. The molecule has 1 N–H and O–H groups in total. The molecule has 2 heteroatoms. The topological polar surface area (TPSA) is 15.3 Å². The van der Waals surface area contributed by atoms with Crippen LogP contribution >= 0.6 is 0 Å². The molecule has 1 unspecified atom stereocenters. The largest absolute Gasteiger partial charge is 0.310 e. The zero-order valence-electron chi connectivity index (χ0n) is 13.3. The first-order chi connectivity index (χ1) is 8.78. The summed E-state index contributed by atoms with van der Waals surface area (Å²) in [6, 6.07) is 5.32. The lowest BCUT2D eigenvalue weighted by atomic mass is 9.98. The fourth-order valence-corrected chi connectivity index (χ4v) is 3.03. The van der Waals surface area contributed by atoms with Gasteiger partial charge in [0.25, 0.3) is 0 Å². The van der Waals surface area contributed by atoms with E-state index in [2.05, 4.69) is 64.0 Å². The van der Waals surface area contributed by atoms with Crippen LogP contribution in [0.3, 0.4) is 0 Å². The highest BCUT2D eigenvalue weighted by Crippen LogP contribution is 2.24. The molecular formula is C17H28N2. The number of hydrogen-bond acceptors (Lipinski definition) is 2. The zero-order valence-corrected chi connectivity index (χ0v) is 13.3. The molecule has 106 valence electrons. The highest BCUT2D eigenvalue weighted by molar-refractivity contribution is 5.36. The molecule has 2 nitrogen and oxygen atoms in total. The van der Waals surface area contributed by atoms with Crippen LogP contribution in [0.15, 0.2) is 12.1 Å². The Morgan fingerprint density at radius 2 is 1.79 bits per heavy atom. The van der Waals surface area contributed by atoms with E-state index < -0.39 is 0 Å². The molecule has 1 aliphatic heterocycles. The number of nitrogens with one attached hydrogen (secondary N) is 1. The lowest BCUT2D eigenvalue weighted by Crippen LogP contribution is -2.33. The molecule has 1 aliphatic rings. The van der Waals surface area contributed by atoms with E-state index in [9.17, 15) is 0 Å². The summed E-state index contributed by atoms with van der Waals surface area (Å²) >= 11 is 0. The SMILES string of the molecule is Cc1cc(C)c(CN(C)C2CNC(C)(C)C2)cc1C. The van der Waals surface area contributed by atoms with Gasteiger partial charge in [-0.1, -0.05) is 12.1 Å². The Kier molecular flexibility index (Phi) is 4.03. The Balaban J connectivity index is 2.07. The second-order valence-electron chi connectivity index (χ2n) is 6.90. The summed E-state index contributed by atoms with van der Waals surface area (Å²) in [6.07, 6.45) is 1.23. The average molecular weight is 260 g/mol. The van der Waals surface area contributed by atoms with Crippen molar-refractivity contribution < 1.29 is 0 Å². The summed E-state index contributed by atoms with van der Waals surface area (Å²) in [4.78, 5) is 2.50. The van der Waals surface area contributed by atoms with Crippen molar-refractivity contribution in [2.75, 3.05) is 13.6 Å². The van der Waals surface area contributed by atoms with Gasteiger partial charge in [-0.3, -0.25) is 4.90 Å². The van der Waals surface area contributed by atoms with Crippen molar-refractivity contribution in [2.45, 2.75) is 59.2 Å². The van der Waals surface area contributed by atoms with Crippen LogP contribution < -0.4 is 5.32 Å². The molecule has 0 aliphatic carbocycles. The Labute approximate surface area is 118 Å². The molecule has 1 atom stereocenters. The second kappa shape index (κ2) is 5.26. The molecule has 0 saturated carbocycles. The van der Waals surface area contributed by atoms with Crippen molar-refractivity contribution >= 4 is 0 Å². The van der Waals surface area contributed by atoms with Crippen LogP contribution in [-0.2, 0) is 6.54 Å². The summed E-state index contributed by atoms with van der Waals surface area (Å²) in [5.41, 5.74) is 5.97. The van der Waals surface area contributed by atoms with E-state index in [1.165, 1.54) is 28.7 Å². The number of hydrogen-bond donors (Lipinski definition) is 1. The summed E-state index contributed by atoms with van der Waals surface area (Å²) in [5.74, 6) is 0. The highest BCUT2D eigenvalue weighted by atomic mass is 15.2. The Bertz CT molecular complexity index is 463. The third-order valence-corrected chi connectivity index (χ3v) is 4.56. The van der Waals surface area contributed by atoms with E-state index in [4.69, 9.17) is 0 Å². The molecule has 1 saturated heterocycles. The van der Waals surface area contributed by atoms with Crippen LogP contribution in [0.25, 0.3) is 0 Å². The van der Waals surface area contributed by atoms with E-state index in [1.54, 1.807) is 0 Å². The maximum absolute atomic E-state index is 3.61. The van der Waals surface area contributed by atoms with Gasteiger partial charge in [0, 0.05) is 24.7 Å². The van der Waals surface area contributed by atoms with Gasteiger partial charge in [0.15, 0.2) is 0 Å². The van der Waals surface area contributed by atoms with Crippen molar-refractivity contribution in [3.63, 3.8) is 0 Å². The smallest absolute Gasteiger partial charge is 0.0238 e. The van der Waals surface area contributed by atoms with Crippen LogP contribution in [0.2, 0.25) is 0 Å². The third-order valence-electron chi connectivity index (χ3n) is 4.56. The van der Waals surface area contributed by atoms with E-state index in [0.29, 0.717) is 6.04 Å². The minimum Gasteiger partial charge on any atom is -0.310 e. The van der Waals surface area contributed by atoms with Gasteiger partial charge in [-0.15, -0.1) is 0 Å². The molecule has 0 amide bonds. The molecular weight excluding hydrogens is 232 g/mol. The van der Waals surface area contributed by atoms with E-state index in [0.717, 1.165) is 13.1 Å². The maximum atomic E-state index is 3.61. The highest BCUT2D eigenvalue weighted by Gasteiger charge is 2.32. The number of benzene rings is 1. The minimum atomic E-state index is 0.289. The van der Waals surface area contributed by atoms with Gasteiger partial charge in [0.2, 0.25) is 0 Å².